The largest absolute Gasteiger partial charge is 0.444 e. The van der Waals surface area contributed by atoms with Gasteiger partial charge in [-0.25, -0.2) is 13.2 Å². The lowest BCUT2D eigenvalue weighted by Gasteiger charge is -2.36. The third-order valence-electron chi connectivity index (χ3n) is 6.41. The molecule has 35 heavy (non-hydrogen) atoms. The molecule has 2 aromatic carbocycles. The molecule has 9 heteroatoms. The molecule has 0 atom stereocenters. The zero-order valence-corrected chi connectivity index (χ0v) is 21.8. The van der Waals surface area contributed by atoms with Gasteiger partial charge in [-0.1, -0.05) is 17.7 Å². The van der Waals surface area contributed by atoms with Gasteiger partial charge >= 0.3 is 6.09 Å². The lowest BCUT2D eigenvalue weighted by molar-refractivity contribution is 0.0240. The number of piperazine rings is 1. The van der Waals surface area contributed by atoms with Crippen LogP contribution < -0.4 is 4.90 Å². The van der Waals surface area contributed by atoms with Crippen molar-refractivity contribution in [2.75, 3.05) is 31.1 Å². The number of benzene rings is 2. The third-order valence-corrected chi connectivity index (χ3v) is 8.43. The molecule has 0 spiro atoms. The molecular formula is C26H30ClN3O4S. The second kappa shape index (κ2) is 8.75. The molecule has 0 N–H and O–H groups in total. The third kappa shape index (κ3) is 4.86. The van der Waals surface area contributed by atoms with Gasteiger partial charge in [0.05, 0.1) is 9.79 Å². The molecular weight excluding hydrogens is 486 g/mol. The van der Waals surface area contributed by atoms with Crippen LogP contribution >= 0.6 is 11.6 Å². The summed E-state index contributed by atoms with van der Waals surface area (Å²) in [5.74, 6) is 0. The number of rotatable bonds is 4. The van der Waals surface area contributed by atoms with E-state index in [2.05, 4.69) is 9.47 Å². The SMILES string of the molecule is CC(C)(C)OC(=O)N1CCN(c2cccc(S(=O)(=O)c3cn(C4CC4)c4ccc(Cl)cc34)c2)CC1. The minimum absolute atomic E-state index is 0.249. The molecule has 0 unspecified atom stereocenters. The van der Waals surface area contributed by atoms with Gasteiger partial charge in [0, 0.05) is 60.0 Å². The summed E-state index contributed by atoms with van der Waals surface area (Å²) in [5.41, 5.74) is 1.17. The average molecular weight is 516 g/mol. The van der Waals surface area contributed by atoms with Crippen LogP contribution in [0.2, 0.25) is 5.02 Å². The van der Waals surface area contributed by atoms with E-state index in [0.29, 0.717) is 42.6 Å². The molecule has 5 rings (SSSR count). The Balaban J connectivity index is 1.40. The number of fused-ring (bicyclic) bond motifs is 1. The van der Waals surface area contributed by atoms with Crippen molar-refractivity contribution in [3.63, 3.8) is 0 Å². The van der Waals surface area contributed by atoms with Gasteiger partial charge in [0.1, 0.15) is 5.60 Å². The average Bonchev–Trinajstić information content (AvgIpc) is 3.58. The molecule has 2 fully saturated rings. The van der Waals surface area contributed by atoms with Crippen molar-refractivity contribution >= 4 is 44.1 Å². The van der Waals surface area contributed by atoms with Crippen LogP contribution in [0, 0.1) is 0 Å². The highest BCUT2D eigenvalue weighted by atomic mass is 35.5. The Hall–Kier alpha value is -2.71. The molecule has 7 nitrogen and oxygen atoms in total. The van der Waals surface area contributed by atoms with E-state index in [1.807, 2.05) is 32.9 Å². The van der Waals surface area contributed by atoms with E-state index in [0.717, 1.165) is 24.0 Å². The quantitative estimate of drug-likeness (QED) is 0.457. The van der Waals surface area contributed by atoms with Crippen molar-refractivity contribution in [2.45, 2.75) is 55.0 Å². The lowest BCUT2D eigenvalue weighted by Crippen LogP contribution is -2.50. The van der Waals surface area contributed by atoms with Gasteiger partial charge in [0.15, 0.2) is 0 Å². The number of sulfone groups is 1. The van der Waals surface area contributed by atoms with E-state index in [4.69, 9.17) is 16.3 Å². The van der Waals surface area contributed by atoms with Gasteiger partial charge in [-0.15, -0.1) is 0 Å². The molecule has 1 aromatic heterocycles. The number of amides is 1. The van der Waals surface area contributed by atoms with E-state index >= 15 is 0 Å². The van der Waals surface area contributed by atoms with E-state index in [9.17, 15) is 13.2 Å². The van der Waals surface area contributed by atoms with Crippen LogP contribution in [-0.2, 0) is 14.6 Å². The number of halogens is 1. The molecule has 1 saturated heterocycles. The molecule has 186 valence electrons. The van der Waals surface area contributed by atoms with Crippen molar-refractivity contribution in [3.05, 3.63) is 53.7 Å². The van der Waals surface area contributed by atoms with Crippen LogP contribution in [0.1, 0.15) is 39.7 Å². The highest BCUT2D eigenvalue weighted by Crippen LogP contribution is 2.41. The maximum absolute atomic E-state index is 13.8. The van der Waals surface area contributed by atoms with Crippen molar-refractivity contribution < 1.29 is 17.9 Å². The van der Waals surface area contributed by atoms with Crippen LogP contribution in [0.15, 0.2) is 58.5 Å². The lowest BCUT2D eigenvalue weighted by atomic mass is 10.2. The first kappa shape index (κ1) is 24.0. The van der Waals surface area contributed by atoms with E-state index in [1.54, 1.807) is 41.4 Å². The number of ether oxygens (including phenoxy) is 1. The van der Waals surface area contributed by atoms with Crippen molar-refractivity contribution in [2.24, 2.45) is 0 Å². The molecule has 1 aliphatic heterocycles. The Morgan fingerprint density at radius 1 is 1.03 bits per heavy atom. The first-order chi connectivity index (χ1) is 16.5. The molecule has 1 aliphatic carbocycles. The minimum atomic E-state index is -3.76. The van der Waals surface area contributed by atoms with Gasteiger partial charge in [-0.2, -0.15) is 0 Å². The predicted octanol–water partition coefficient (Wildman–Crippen LogP) is 5.52. The minimum Gasteiger partial charge on any atom is -0.444 e. The van der Waals surface area contributed by atoms with Crippen LogP contribution in [0.5, 0.6) is 0 Å². The summed E-state index contributed by atoms with van der Waals surface area (Å²) < 4.78 is 35.1. The zero-order valence-electron chi connectivity index (χ0n) is 20.2. The van der Waals surface area contributed by atoms with Crippen molar-refractivity contribution in [3.8, 4) is 0 Å². The fourth-order valence-corrected chi connectivity index (χ4v) is 6.18. The predicted molar refractivity (Wildman–Crippen MR) is 137 cm³/mol. The monoisotopic (exact) mass is 515 g/mol. The van der Waals surface area contributed by atoms with Crippen LogP contribution in [0.25, 0.3) is 10.9 Å². The van der Waals surface area contributed by atoms with Gasteiger partial charge in [-0.05, 0) is 70.0 Å². The zero-order chi connectivity index (χ0) is 25.0. The van der Waals surface area contributed by atoms with Gasteiger partial charge in [0.25, 0.3) is 0 Å². The summed E-state index contributed by atoms with van der Waals surface area (Å²) >= 11 is 6.24. The molecule has 1 amide bonds. The van der Waals surface area contributed by atoms with Crippen molar-refractivity contribution in [1.29, 1.82) is 0 Å². The number of carbonyl (C=O) groups excluding carboxylic acids is 1. The van der Waals surface area contributed by atoms with E-state index in [1.165, 1.54) is 0 Å². The number of hydrogen-bond donors (Lipinski definition) is 0. The Labute approximate surface area is 211 Å². The summed E-state index contributed by atoms with van der Waals surface area (Å²) in [5, 5.41) is 1.17. The summed E-state index contributed by atoms with van der Waals surface area (Å²) in [7, 11) is -3.76. The second-order valence-electron chi connectivity index (χ2n) is 10.2. The maximum Gasteiger partial charge on any atom is 0.410 e. The molecule has 2 heterocycles. The van der Waals surface area contributed by atoms with Crippen LogP contribution in [0.4, 0.5) is 10.5 Å². The molecule has 0 radical (unpaired) electrons. The van der Waals surface area contributed by atoms with Gasteiger partial charge in [-0.3, -0.25) is 0 Å². The Bertz CT molecular complexity index is 1380. The molecule has 1 saturated carbocycles. The normalized spacial score (nSPS) is 17.1. The molecule has 0 bridgehead atoms. The topological polar surface area (TPSA) is 71.8 Å². The van der Waals surface area contributed by atoms with Crippen LogP contribution in [-0.4, -0.2) is 55.8 Å². The van der Waals surface area contributed by atoms with E-state index < -0.39 is 15.4 Å². The number of hydrogen-bond acceptors (Lipinski definition) is 5. The highest BCUT2D eigenvalue weighted by molar-refractivity contribution is 7.91. The Morgan fingerprint density at radius 3 is 2.40 bits per heavy atom. The highest BCUT2D eigenvalue weighted by Gasteiger charge is 2.31. The summed E-state index contributed by atoms with van der Waals surface area (Å²) in [6, 6.07) is 12.8. The number of anilines is 1. The number of nitrogens with zero attached hydrogens (tertiary/aromatic N) is 3. The Kier molecular flexibility index (Phi) is 6.00. The first-order valence-corrected chi connectivity index (χ1v) is 13.8. The maximum atomic E-state index is 13.8. The van der Waals surface area contributed by atoms with Crippen molar-refractivity contribution in [1.82, 2.24) is 9.47 Å². The first-order valence-electron chi connectivity index (χ1n) is 11.9. The number of aromatic nitrogens is 1. The van der Waals surface area contributed by atoms with Gasteiger partial charge in [0.2, 0.25) is 9.84 Å². The Morgan fingerprint density at radius 2 is 1.74 bits per heavy atom. The summed E-state index contributed by atoms with van der Waals surface area (Å²) in [6.45, 7) is 7.77. The summed E-state index contributed by atoms with van der Waals surface area (Å²) in [4.78, 5) is 16.7. The van der Waals surface area contributed by atoms with Crippen LogP contribution in [0.3, 0.4) is 0 Å². The van der Waals surface area contributed by atoms with E-state index in [-0.39, 0.29) is 15.9 Å². The smallest absolute Gasteiger partial charge is 0.410 e. The molecule has 2 aliphatic rings. The van der Waals surface area contributed by atoms with Gasteiger partial charge < -0.3 is 19.1 Å². The fraction of sp³-hybridized carbons (Fsp3) is 0.423. The number of carbonyl (C=O) groups is 1. The standard InChI is InChI=1S/C26H30ClN3O4S/c1-26(2,3)34-25(31)29-13-11-28(12-14-29)20-5-4-6-21(16-20)35(32,33)24-17-30(19-8-9-19)23-10-7-18(27)15-22(23)24/h4-7,10,15-17,19H,8-9,11-14H2,1-3H3. The fourth-order valence-electron chi connectivity index (χ4n) is 4.51. The second-order valence-corrected chi connectivity index (χ2v) is 12.6. The summed E-state index contributed by atoms with van der Waals surface area (Å²) in [6.07, 6.45) is 3.55. The molecule has 3 aromatic rings.